The summed E-state index contributed by atoms with van der Waals surface area (Å²) in [6.07, 6.45) is 4.25. The molecule has 1 fully saturated rings. The summed E-state index contributed by atoms with van der Waals surface area (Å²) >= 11 is 0. The van der Waals surface area contributed by atoms with Gasteiger partial charge in [0.2, 0.25) is 11.8 Å². The zero-order valence-corrected chi connectivity index (χ0v) is 13.4. The molecule has 2 rings (SSSR count). The Kier molecular flexibility index (Phi) is 6.44. The molecule has 0 aromatic heterocycles. The maximum atomic E-state index is 12.2. The molecule has 4 nitrogen and oxygen atoms in total. The molecule has 2 amide bonds. The summed E-state index contributed by atoms with van der Waals surface area (Å²) in [7, 11) is 0. The molecule has 1 aliphatic rings. The van der Waals surface area contributed by atoms with Crippen LogP contribution in [0.4, 0.5) is 0 Å². The average Bonchev–Trinajstić information content (AvgIpc) is 3.32. The second-order valence-corrected chi connectivity index (χ2v) is 6.05. The second-order valence-electron chi connectivity index (χ2n) is 6.05. The molecule has 0 saturated heterocycles. The quantitative estimate of drug-likeness (QED) is 0.761. The van der Waals surface area contributed by atoms with Crippen molar-refractivity contribution in [1.29, 1.82) is 0 Å². The number of hydrogen-bond donors (Lipinski definition) is 1. The van der Waals surface area contributed by atoms with Gasteiger partial charge in [0.25, 0.3) is 0 Å². The molecular weight excluding hydrogens is 276 g/mol. The minimum absolute atomic E-state index is 0.0248. The summed E-state index contributed by atoms with van der Waals surface area (Å²) in [6.45, 7) is 4.24. The lowest BCUT2D eigenvalue weighted by molar-refractivity contribution is -0.131. The van der Waals surface area contributed by atoms with Gasteiger partial charge < -0.3 is 10.2 Å². The number of rotatable bonds is 9. The lowest BCUT2D eigenvalue weighted by atomic mass is 10.1. The fourth-order valence-corrected chi connectivity index (χ4v) is 2.51. The standard InChI is InChI=1S/C18H26N2O2/c1-2-12-20(14-16-8-9-16)18(22)10-11-19-17(21)13-15-6-4-3-5-7-15/h3-7,16H,2,8-14H2,1H3,(H,19,21). The first-order valence-corrected chi connectivity index (χ1v) is 8.27. The largest absolute Gasteiger partial charge is 0.355 e. The summed E-state index contributed by atoms with van der Waals surface area (Å²) in [5.74, 6) is 0.847. The number of hydrogen-bond acceptors (Lipinski definition) is 2. The van der Waals surface area contributed by atoms with E-state index in [0.717, 1.165) is 25.1 Å². The van der Waals surface area contributed by atoms with Crippen molar-refractivity contribution in [2.24, 2.45) is 5.92 Å². The van der Waals surface area contributed by atoms with E-state index in [0.29, 0.717) is 25.3 Å². The van der Waals surface area contributed by atoms with Crippen molar-refractivity contribution in [1.82, 2.24) is 10.2 Å². The molecule has 22 heavy (non-hydrogen) atoms. The van der Waals surface area contributed by atoms with Crippen LogP contribution in [0.3, 0.4) is 0 Å². The van der Waals surface area contributed by atoms with Gasteiger partial charge in [-0.15, -0.1) is 0 Å². The van der Waals surface area contributed by atoms with E-state index in [2.05, 4.69) is 12.2 Å². The second kappa shape index (κ2) is 8.57. The minimum atomic E-state index is -0.0248. The molecule has 0 unspecified atom stereocenters. The lowest BCUT2D eigenvalue weighted by Gasteiger charge is -2.22. The zero-order valence-electron chi connectivity index (χ0n) is 13.4. The third kappa shape index (κ3) is 5.88. The van der Waals surface area contributed by atoms with Crippen molar-refractivity contribution in [3.8, 4) is 0 Å². The predicted molar refractivity (Wildman–Crippen MR) is 87.4 cm³/mol. The Labute approximate surface area is 132 Å². The molecule has 120 valence electrons. The number of amides is 2. The van der Waals surface area contributed by atoms with Crippen molar-refractivity contribution in [3.63, 3.8) is 0 Å². The highest BCUT2D eigenvalue weighted by Gasteiger charge is 2.26. The van der Waals surface area contributed by atoms with E-state index in [1.807, 2.05) is 35.2 Å². The van der Waals surface area contributed by atoms with Gasteiger partial charge in [0.1, 0.15) is 0 Å². The highest BCUT2D eigenvalue weighted by Crippen LogP contribution is 2.29. The summed E-state index contributed by atoms with van der Waals surface area (Å²) in [6, 6.07) is 9.65. The highest BCUT2D eigenvalue weighted by atomic mass is 16.2. The number of benzene rings is 1. The summed E-state index contributed by atoms with van der Waals surface area (Å²) in [4.78, 5) is 26.0. The Morgan fingerprint density at radius 2 is 1.95 bits per heavy atom. The molecule has 0 atom stereocenters. The van der Waals surface area contributed by atoms with Crippen LogP contribution in [0.25, 0.3) is 0 Å². The van der Waals surface area contributed by atoms with E-state index in [4.69, 9.17) is 0 Å². The SMILES string of the molecule is CCCN(CC1CC1)C(=O)CCNC(=O)Cc1ccccc1. The minimum Gasteiger partial charge on any atom is -0.355 e. The highest BCUT2D eigenvalue weighted by molar-refractivity contribution is 5.80. The third-order valence-electron chi connectivity index (χ3n) is 3.89. The van der Waals surface area contributed by atoms with Gasteiger partial charge in [-0.2, -0.15) is 0 Å². The normalized spacial score (nSPS) is 13.7. The van der Waals surface area contributed by atoms with E-state index < -0.39 is 0 Å². The maximum absolute atomic E-state index is 12.2. The van der Waals surface area contributed by atoms with Gasteiger partial charge in [0, 0.05) is 26.1 Å². The van der Waals surface area contributed by atoms with Crippen LogP contribution in [-0.4, -0.2) is 36.3 Å². The zero-order chi connectivity index (χ0) is 15.8. The number of nitrogens with one attached hydrogen (secondary N) is 1. The molecule has 1 aromatic rings. The van der Waals surface area contributed by atoms with Crippen LogP contribution in [-0.2, 0) is 16.0 Å². The molecule has 1 saturated carbocycles. The average molecular weight is 302 g/mol. The third-order valence-corrected chi connectivity index (χ3v) is 3.89. The van der Waals surface area contributed by atoms with Crippen LogP contribution >= 0.6 is 0 Å². The summed E-state index contributed by atoms with van der Waals surface area (Å²) in [5.41, 5.74) is 0.993. The monoisotopic (exact) mass is 302 g/mol. The van der Waals surface area contributed by atoms with Gasteiger partial charge in [-0.3, -0.25) is 9.59 Å². The van der Waals surface area contributed by atoms with Crippen molar-refractivity contribution in [2.45, 2.75) is 39.0 Å². The Morgan fingerprint density at radius 3 is 2.59 bits per heavy atom. The topological polar surface area (TPSA) is 49.4 Å². The van der Waals surface area contributed by atoms with E-state index in [1.165, 1.54) is 12.8 Å². The Bertz CT molecular complexity index is 483. The lowest BCUT2D eigenvalue weighted by Crippen LogP contribution is -2.36. The van der Waals surface area contributed by atoms with Crippen LogP contribution < -0.4 is 5.32 Å². The molecule has 1 N–H and O–H groups in total. The first-order valence-electron chi connectivity index (χ1n) is 8.27. The van der Waals surface area contributed by atoms with Crippen LogP contribution in [0, 0.1) is 5.92 Å². The molecule has 1 aromatic carbocycles. The van der Waals surface area contributed by atoms with Crippen molar-refractivity contribution >= 4 is 11.8 Å². The van der Waals surface area contributed by atoms with Gasteiger partial charge in [0.15, 0.2) is 0 Å². The van der Waals surface area contributed by atoms with Crippen molar-refractivity contribution in [2.75, 3.05) is 19.6 Å². The van der Waals surface area contributed by atoms with Gasteiger partial charge in [-0.1, -0.05) is 37.3 Å². The fraction of sp³-hybridized carbons (Fsp3) is 0.556. The molecule has 0 spiro atoms. The van der Waals surface area contributed by atoms with Crippen LogP contribution in [0.5, 0.6) is 0 Å². The van der Waals surface area contributed by atoms with Crippen molar-refractivity contribution < 1.29 is 9.59 Å². The van der Waals surface area contributed by atoms with Gasteiger partial charge in [0.05, 0.1) is 6.42 Å². The van der Waals surface area contributed by atoms with Gasteiger partial charge >= 0.3 is 0 Å². The molecule has 0 heterocycles. The van der Waals surface area contributed by atoms with Gasteiger partial charge in [-0.05, 0) is 30.7 Å². The van der Waals surface area contributed by atoms with E-state index in [9.17, 15) is 9.59 Å². The number of carbonyl (C=O) groups excluding carboxylic acids is 2. The smallest absolute Gasteiger partial charge is 0.224 e. The van der Waals surface area contributed by atoms with Crippen LogP contribution in [0.2, 0.25) is 0 Å². The number of carbonyl (C=O) groups is 2. The molecular formula is C18H26N2O2. The molecule has 0 radical (unpaired) electrons. The van der Waals surface area contributed by atoms with Gasteiger partial charge in [-0.25, -0.2) is 0 Å². The molecule has 4 heteroatoms. The first kappa shape index (κ1) is 16.5. The Balaban J connectivity index is 1.67. The molecule has 1 aliphatic carbocycles. The van der Waals surface area contributed by atoms with Crippen molar-refractivity contribution in [3.05, 3.63) is 35.9 Å². The van der Waals surface area contributed by atoms with E-state index in [-0.39, 0.29) is 11.8 Å². The molecule has 0 bridgehead atoms. The Morgan fingerprint density at radius 1 is 1.23 bits per heavy atom. The summed E-state index contributed by atoms with van der Waals surface area (Å²) in [5, 5.41) is 2.84. The van der Waals surface area contributed by atoms with Crippen LogP contribution in [0.15, 0.2) is 30.3 Å². The Hall–Kier alpha value is -1.84. The van der Waals surface area contributed by atoms with E-state index >= 15 is 0 Å². The maximum Gasteiger partial charge on any atom is 0.224 e. The predicted octanol–water partition coefficient (Wildman–Crippen LogP) is 2.38. The fourth-order valence-electron chi connectivity index (χ4n) is 2.51. The number of nitrogens with zero attached hydrogens (tertiary/aromatic N) is 1. The van der Waals surface area contributed by atoms with Crippen LogP contribution in [0.1, 0.15) is 38.2 Å². The molecule has 0 aliphatic heterocycles. The van der Waals surface area contributed by atoms with E-state index in [1.54, 1.807) is 0 Å². The summed E-state index contributed by atoms with van der Waals surface area (Å²) < 4.78 is 0. The first-order chi connectivity index (χ1) is 10.7.